The number of nitrogens with zero attached hydrogens (tertiary/aromatic N) is 5. The van der Waals surface area contributed by atoms with Crippen molar-refractivity contribution in [3.8, 4) is 5.88 Å². The van der Waals surface area contributed by atoms with E-state index in [1.807, 2.05) is 0 Å². The highest BCUT2D eigenvalue weighted by Crippen LogP contribution is 2.26. The van der Waals surface area contributed by atoms with Crippen LogP contribution in [0.1, 0.15) is 0 Å². The number of halogens is 1. The number of aromatic nitrogens is 2. The number of piperazine rings is 1. The number of carbonyl (C=O) groups excluding carboxylic acids is 1. The molecule has 0 unspecified atom stereocenters. The van der Waals surface area contributed by atoms with Gasteiger partial charge in [-0.15, -0.1) is 0 Å². The largest absolute Gasteiger partial charge is 0.478 e. The summed E-state index contributed by atoms with van der Waals surface area (Å²) in [6.07, 6.45) is 0. The zero-order valence-electron chi connectivity index (χ0n) is 16.6. The van der Waals surface area contributed by atoms with Crippen molar-refractivity contribution in [2.24, 2.45) is 0 Å². The lowest BCUT2D eigenvalue weighted by Gasteiger charge is -2.36. The number of carbonyl (C=O) groups is 1. The molecular formula is C20H19ClN6O4. The van der Waals surface area contributed by atoms with Crippen LogP contribution in [0.4, 0.5) is 22.0 Å². The Bertz CT molecular complexity index is 1130. The number of amides is 2. The Hall–Kier alpha value is -3.66. The van der Waals surface area contributed by atoms with E-state index in [1.54, 1.807) is 35.2 Å². The molecule has 0 bridgehead atoms. The van der Waals surface area contributed by atoms with Gasteiger partial charge >= 0.3 is 6.03 Å². The van der Waals surface area contributed by atoms with E-state index in [-0.39, 0.29) is 23.4 Å². The maximum Gasteiger partial charge on any atom is 0.323 e. The number of fused-ring (bicyclic) bond motifs is 1. The van der Waals surface area contributed by atoms with E-state index in [0.717, 1.165) is 5.69 Å². The number of rotatable bonds is 4. The highest BCUT2D eigenvalue weighted by Gasteiger charge is 2.23. The number of nitro benzene ring substituents is 1. The maximum absolute atomic E-state index is 12.8. The van der Waals surface area contributed by atoms with E-state index in [9.17, 15) is 14.9 Å². The summed E-state index contributed by atoms with van der Waals surface area (Å²) in [7, 11) is 1.46. The van der Waals surface area contributed by atoms with E-state index in [2.05, 4.69) is 20.2 Å². The molecule has 1 aliphatic heterocycles. The second-order valence-corrected chi connectivity index (χ2v) is 7.33. The SMILES string of the molecule is COc1nc2cc(Cl)ccc2nc1NC(=O)N1CCN(c2ccc([N+](=O)[O-])cc2)CC1. The number of urea groups is 1. The molecule has 1 aromatic heterocycles. The van der Waals surface area contributed by atoms with E-state index >= 15 is 0 Å². The Labute approximate surface area is 182 Å². The van der Waals surface area contributed by atoms with Gasteiger partial charge in [0.2, 0.25) is 0 Å². The third-order valence-corrected chi connectivity index (χ3v) is 5.24. The summed E-state index contributed by atoms with van der Waals surface area (Å²) in [5.41, 5.74) is 2.09. The maximum atomic E-state index is 12.8. The highest BCUT2D eigenvalue weighted by atomic mass is 35.5. The Morgan fingerprint density at radius 3 is 2.45 bits per heavy atom. The van der Waals surface area contributed by atoms with E-state index in [4.69, 9.17) is 16.3 Å². The molecule has 1 aliphatic rings. The summed E-state index contributed by atoms with van der Waals surface area (Å²) in [6, 6.07) is 11.2. The van der Waals surface area contributed by atoms with Crippen LogP contribution in [0.2, 0.25) is 5.02 Å². The average Bonchev–Trinajstić information content (AvgIpc) is 2.79. The van der Waals surface area contributed by atoms with E-state index < -0.39 is 4.92 Å². The van der Waals surface area contributed by atoms with Gasteiger partial charge in [-0.05, 0) is 30.3 Å². The monoisotopic (exact) mass is 442 g/mol. The molecule has 2 amide bonds. The first-order chi connectivity index (χ1) is 14.9. The fraction of sp³-hybridized carbons (Fsp3) is 0.250. The molecule has 160 valence electrons. The molecular weight excluding hydrogens is 424 g/mol. The number of hydrogen-bond donors (Lipinski definition) is 1. The van der Waals surface area contributed by atoms with Crippen LogP contribution in [0.25, 0.3) is 11.0 Å². The first-order valence-electron chi connectivity index (χ1n) is 9.51. The molecule has 11 heteroatoms. The number of nitrogens with one attached hydrogen (secondary N) is 1. The zero-order chi connectivity index (χ0) is 22.0. The van der Waals surface area contributed by atoms with Gasteiger partial charge in [-0.25, -0.2) is 14.8 Å². The summed E-state index contributed by atoms with van der Waals surface area (Å²) in [4.78, 5) is 35.7. The van der Waals surface area contributed by atoms with E-state index in [1.165, 1.54) is 19.2 Å². The summed E-state index contributed by atoms with van der Waals surface area (Å²) in [5, 5.41) is 14.1. The number of ether oxygens (including phenoxy) is 1. The first-order valence-corrected chi connectivity index (χ1v) is 9.89. The van der Waals surface area contributed by atoms with Gasteiger partial charge < -0.3 is 14.5 Å². The summed E-state index contributed by atoms with van der Waals surface area (Å²) >= 11 is 6.00. The minimum Gasteiger partial charge on any atom is -0.478 e. The normalized spacial score (nSPS) is 13.9. The van der Waals surface area contributed by atoms with Gasteiger partial charge in [-0.3, -0.25) is 15.4 Å². The van der Waals surface area contributed by atoms with Crippen LogP contribution in [0.3, 0.4) is 0 Å². The molecule has 1 fully saturated rings. The molecule has 0 radical (unpaired) electrons. The van der Waals surface area contributed by atoms with Crippen molar-refractivity contribution in [1.29, 1.82) is 0 Å². The van der Waals surface area contributed by atoms with Crippen LogP contribution in [0, 0.1) is 10.1 Å². The molecule has 10 nitrogen and oxygen atoms in total. The topological polar surface area (TPSA) is 114 Å². The highest BCUT2D eigenvalue weighted by molar-refractivity contribution is 6.31. The van der Waals surface area contributed by atoms with Crippen molar-refractivity contribution in [3.05, 3.63) is 57.6 Å². The van der Waals surface area contributed by atoms with Gasteiger partial charge in [-0.2, -0.15) is 0 Å². The first kappa shape index (κ1) is 20.6. The fourth-order valence-corrected chi connectivity index (χ4v) is 3.53. The van der Waals surface area contributed by atoms with Crippen molar-refractivity contribution in [2.75, 3.05) is 43.5 Å². The average molecular weight is 443 g/mol. The Balaban J connectivity index is 1.42. The number of non-ortho nitro benzene ring substituents is 1. The zero-order valence-corrected chi connectivity index (χ0v) is 17.4. The van der Waals surface area contributed by atoms with Gasteiger partial charge in [0.05, 0.1) is 23.1 Å². The molecule has 31 heavy (non-hydrogen) atoms. The number of anilines is 2. The molecule has 0 aliphatic carbocycles. The number of methoxy groups -OCH3 is 1. The second kappa shape index (κ2) is 8.60. The Morgan fingerprint density at radius 2 is 1.81 bits per heavy atom. The predicted octanol–water partition coefficient (Wildman–Crippen LogP) is 3.55. The molecule has 1 saturated heterocycles. The number of nitro groups is 1. The van der Waals surface area contributed by atoms with Crippen LogP contribution < -0.4 is 15.0 Å². The van der Waals surface area contributed by atoms with Crippen molar-refractivity contribution >= 4 is 45.9 Å². The quantitative estimate of drug-likeness (QED) is 0.485. The van der Waals surface area contributed by atoms with Crippen LogP contribution in [-0.4, -0.2) is 59.1 Å². The third-order valence-electron chi connectivity index (χ3n) is 5.01. The molecule has 2 heterocycles. The summed E-state index contributed by atoms with van der Waals surface area (Å²) < 4.78 is 5.28. The molecule has 3 aromatic rings. The fourth-order valence-electron chi connectivity index (χ4n) is 3.37. The van der Waals surface area contributed by atoms with Crippen LogP contribution in [-0.2, 0) is 0 Å². The third kappa shape index (κ3) is 4.43. The smallest absolute Gasteiger partial charge is 0.323 e. The lowest BCUT2D eigenvalue weighted by molar-refractivity contribution is -0.384. The van der Waals surface area contributed by atoms with Crippen molar-refractivity contribution in [2.45, 2.75) is 0 Å². The Kier molecular flexibility index (Phi) is 5.72. The molecule has 2 aromatic carbocycles. The van der Waals surface area contributed by atoms with Crippen molar-refractivity contribution in [3.63, 3.8) is 0 Å². The van der Waals surface area contributed by atoms with Gasteiger partial charge in [0, 0.05) is 49.0 Å². The molecule has 0 spiro atoms. The van der Waals surface area contributed by atoms with Gasteiger partial charge in [0.25, 0.3) is 11.6 Å². The summed E-state index contributed by atoms with van der Waals surface area (Å²) in [5.74, 6) is 0.438. The van der Waals surface area contributed by atoms with Crippen LogP contribution in [0.15, 0.2) is 42.5 Å². The molecule has 0 saturated carbocycles. The van der Waals surface area contributed by atoms with Crippen LogP contribution >= 0.6 is 11.6 Å². The minimum atomic E-state index is -0.426. The number of hydrogen-bond acceptors (Lipinski definition) is 7. The summed E-state index contributed by atoms with van der Waals surface area (Å²) in [6.45, 7) is 2.18. The van der Waals surface area contributed by atoms with Gasteiger partial charge in [0.1, 0.15) is 0 Å². The predicted molar refractivity (Wildman–Crippen MR) is 117 cm³/mol. The second-order valence-electron chi connectivity index (χ2n) is 6.89. The lowest BCUT2D eigenvalue weighted by atomic mass is 10.2. The standard InChI is InChI=1S/C20H19ClN6O4/c1-31-19-18(22-16-7-2-13(21)12-17(16)23-19)24-20(28)26-10-8-25(9-11-26)14-3-5-15(6-4-14)27(29)30/h2-7,12H,8-11H2,1H3,(H,22,24,28). The number of benzene rings is 2. The van der Waals surface area contributed by atoms with Crippen LogP contribution in [0.5, 0.6) is 5.88 Å². The molecule has 1 N–H and O–H groups in total. The Morgan fingerprint density at radius 1 is 1.10 bits per heavy atom. The van der Waals surface area contributed by atoms with E-state index in [0.29, 0.717) is 42.2 Å². The van der Waals surface area contributed by atoms with Crippen molar-refractivity contribution < 1.29 is 14.5 Å². The lowest BCUT2D eigenvalue weighted by Crippen LogP contribution is -2.50. The molecule has 0 atom stereocenters. The van der Waals surface area contributed by atoms with Crippen molar-refractivity contribution in [1.82, 2.24) is 14.9 Å². The van der Waals surface area contributed by atoms with Gasteiger partial charge in [0.15, 0.2) is 5.82 Å². The van der Waals surface area contributed by atoms with Gasteiger partial charge in [-0.1, -0.05) is 11.6 Å². The molecule has 4 rings (SSSR count). The minimum absolute atomic E-state index is 0.0504.